The maximum absolute atomic E-state index is 11.7. The number of halogens is 1. The SMILES string of the molecule is CCOC(=O)C(C#N)CC(=O)c1ccncc1.CCOC(=O)c1c[nH]c(-c2ccncc2)c1.CCOC(=O)c1cc(-c2ccncc2)[nH]c1Cl.NC(=O)c1c[nH]c(-c2ccncc2)c1.O=C(O)c1c[nH]c(-c2ccncc2)c1.P. The van der Waals surface area contributed by atoms with Gasteiger partial charge in [-0.1, -0.05) is 11.6 Å². The van der Waals surface area contributed by atoms with E-state index < -0.39 is 29.7 Å². The largest absolute Gasteiger partial charge is 0.478 e. The van der Waals surface area contributed by atoms with E-state index in [-0.39, 0.29) is 45.4 Å². The van der Waals surface area contributed by atoms with E-state index in [1.165, 1.54) is 18.6 Å². The number of aromatic carboxylic acids is 1. The van der Waals surface area contributed by atoms with Crippen LogP contribution in [0.4, 0.5) is 0 Å². The predicted molar refractivity (Wildman–Crippen MR) is 299 cm³/mol. The number of nitriles is 1. The van der Waals surface area contributed by atoms with Crippen molar-refractivity contribution < 1.29 is 48.1 Å². The second-order valence-electron chi connectivity index (χ2n) is 15.7. The zero-order chi connectivity index (χ0) is 56.2. The predicted octanol–water partition coefficient (Wildman–Crippen LogP) is 9.53. The first-order valence-corrected chi connectivity index (χ1v) is 24.1. The van der Waals surface area contributed by atoms with E-state index in [1.807, 2.05) is 48.5 Å². The number of nitrogens with two attached hydrogens (primary N) is 1. The summed E-state index contributed by atoms with van der Waals surface area (Å²) in [5.41, 5.74) is 14.3. The summed E-state index contributed by atoms with van der Waals surface area (Å²) in [6.45, 7) is 6.09. The van der Waals surface area contributed by atoms with E-state index in [1.54, 1.807) is 125 Å². The van der Waals surface area contributed by atoms with Crippen LogP contribution in [0.3, 0.4) is 0 Å². The highest BCUT2D eigenvalue weighted by Crippen LogP contribution is 2.26. The Morgan fingerprint density at radius 3 is 1.33 bits per heavy atom. The molecule has 7 N–H and O–H groups in total. The van der Waals surface area contributed by atoms with Crippen LogP contribution in [0.5, 0.6) is 0 Å². The molecule has 2 unspecified atom stereocenters. The molecule has 0 spiro atoms. The number of nitrogens with zero attached hydrogens (tertiary/aromatic N) is 6. The van der Waals surface area contributed by atoms with Crippen molar-refractivity contribution in [1.82, 2.24) is 44.9 Å². The third-order valence-electron chi connectivity index (χ3n) is 10.4. The standard InChI is InChI=1S/C12H11ClN2O2.C12H12N2O3.C12H12N2O2.C10H9N3O.C10H8N2O2.H3P/c1-2-17-12(16)9-7-10(15-11(9)13)8-3-5-14-6-4-8;1-2-17-12(16)10(8-13)7-11(15)9-3-5-14-6-4-9;1-2-16-12(15)10-7-11(14-8-10)9-3-5-13-6-4-9;11-10(14)8-5-9(13-6-8)7-1-3-12-4-2-7;13-10(14)8-5-9(12-6-8)7-1-3-11-4-2-7;/h3-7,15H,2H2,1H3;3-6,10H,2,7H2,1H3;3-8,14H,2H2,1H3;1-6,13H,(H2,11,14);1-6,12H,(H,13,14);1H3. The minimum atomic E-state index is -1.05. The molecule has 0 aliphatic carbocycles. The van der Waals surface area contributed by atoms with Gasteiger partial charge in [-0.25, -0.2) is 14.4 Å². The molecular formula is C56H55ClN11O10P. The van der Waals surface area contributed by atoms with E-state index in [2.05, 4.69) is 44.9 Å². The molecule has 0 saturated heterocycles. The molecule has 0 aliphatic rings. The number of H-pyrrole nitrogens is 4. The molecule has 0 bridgehead atoms. The monoisotopic (exact) mass is 1110 g/mol. The van der Waals surface area contributed by atoms with Gasteiger partial charge in [0.25, 0.3) is 0 Å². The molecular weight excluding hydrogens is 1050 g/mol. The van der Waals surface area contributed by atoms with E-state index in [4.69, 9.17) is 41.9 Å². The summed E-state index contributed by atoms with van der Waals surface area (Å²) in [4.78, 5) is 98.8. The molecule has 0 radical (unpaired) electrons. The fourth-order valence-electron chi connectivity index (χ4n) is 6.61. The third kappa shape index (κ3) is 19.3. The van der Waals surface area contributed by atoms with Crippen LogP contribution in [0.2, 0.25) is 5.15 Å². The van der Waals surface area contributed by atoms with E-state index in [0.717, 1.165) is 45.0 Å². The zero-order valence-corrected chi connectivity index (χ0v) is 45.1. The van der Waals surface area contributed by atoms with Gasteiger partial charge in [-0.05, 0) is 106 Å². The molecule has 406 valence electrons. The lowest BCUT2D eigenvalue weighted by molar-refractivity contribution is -0.145. The summed E-state index contributed by atoms with van der Waals surface area (Å²) >= 11 is 5.95. The number of aromatic nitrogens is 9. The smallest absolute Gasteiger partial charge is 0.341 e. The van der Waals surface area contributed by atoms with Crippen LogP contribution in [0.1, 0.15) is 79.0 Å². The summed E-state index contributed by atoms with van der Waals surface area (Å²) in [5.74, 6) is -4.06. The van der Waals surface area contributed by atoms with Crippen molar-refractivity contribution in [2.45, 2.75) is 27.2 Å². The van der Waals surface area contributed by atoms with Crippen LogP contribution in [-0.2, 0) is 19.0 Å². The first kappa shape index (κ1) is 61.6. The number of nitrogens with one attached hydrogen (secondary N) is 4. The summed E-state index contributed by atoms with van der Waals surface area (Å²) in [6.07, 6.45) is 21.0. The molecule has 9 rings (SSSR count). The van der Waals surface area contributed by atoms with Crippen molar-refractivity contribution in [3.05, 3.63) is 198 Å². The lowest BCUT2D eigenvalue weighted by atomic mass is 10.0. The van der Waals surface area contributed by atoms with Crippen molar-refractivity contribution in [3.63, 3.8) is 0 Å². The first-order chi connectivity index (χ1) is 37.8. The van der Waals surface area contributed by atoms with Gasteiger partial charge in [0.05, 0.1) is 48.1 Å². The summed E-state index contributed by atoms with van der Waals surface area (Å²) < 4.78 is 14.5. The summed E-state index contributed by atoms with van der Waals surface area (Å²) in [7, 11) is 0. The maximum atomic E-state index is 11.7. The van der Waals surface area contributed by atoms with E-state index in [9.17, 15) is 28.8 Å². The van der Waals surface area contributed by atoms with Crippen LogP contribution in [-0.4, -0.2) is 105 Å². The molecule has 9 aromatic rings. The highest BCUT2D eigenvalue weighted by atomic mass is 35.5. The Labute approximate surface area is 461 Å². The third-order valence-corrected chi connectivity index (χ3v) is 10.7. The molecule has 21 nitrogen and oxygen atoms in total. The fourth-order valence-corrected chi connectivity index (χ4v) is 6.85. The van der Waals surface area contributed by atoms with Crippen molar-refractivity contribution >= 4 is 57.1 Å². The van der Waals surface area contributed by atoms with E-state index >= 15 is 0 Å². The van der Waals surface area contributed by atoms with Crippen LogP contribution in [0.15, 0.2) is 165 Å². The van der Waals surface area contributed by atoms with Gasteiger partial charge < -0.3 is 45.0 Å². The van der Waals surface area contributed by atoms with Gasteiger partial charge in [0.1, 0.15) is 5.15 Å². The van der Waals surface area contributed by atoms with Gasteiger partial charge in [0.15, 0.2) is 11.7 Å². The van der Waals surface area contributed by atoms with Gasteiger partial charge in [0, 0.05) is 138 Å². The molecule has 0 aromatic carbocycles. The minimum absolute atomic E-state index is 0. The Hall–Kier alpha value is -9.90. The maximum Gasteiger partial charge on any atom is 0.341 e. The number of aromatic amines is 4. The van der Waals surface area contributed by atoms with Crippen LogP contribution in [0.25, 0.3) is 45.0 Å². The lowest BCUT2D eigenvalue weighted by Crippen LogP contribution is -2.19. The Bertz CT molecular complexity index is 3300. The Balaban J connectivity index is 0.000000213. The van der Waals surface area contributed by atoms with Gasteiger partial charge >= 0.3 is 23.9 Å². The molecule has 0 aliphatic heterocycles. The van der Waals surface area contributed by atoms with Gasteiger partial charge in [-0.2, -0.15) is 15.2 Å². The van der Waals surface area contributed by atoms with Gasteiger partial charge in [-0.3, -0.25) is 39.3 Å². The minimum Gasteiger partial charge on any atom is -0.478 e. The van der Waals surface area contributed by atoms with Crippen LogP contribution >= 0.6 is 21.5 Å². The molecule has 1 amide bonds. The van der Waals surface area contributed by atoms with Crippen molar-refractivity contribution in [1.29, 1.82) is 5.26 Å². The van der Waals surface area contributed by atoms with Crippen molar-refractivity contribution in [3.8, 4) is 51.1 Å². The average molecular weight is 1110 g/mol. The topological polar surface area (TPSA) is 328 Å². The van der Waals surface area contributed by atoms with Gasteiger partial charge in [0.2, 0.25) is 5.91 Å². The molecule has 0 fully saturated rings. The number of ketones is 1. The molecule has 2 atom stereocenters. The van der Waals surface area contributed by atoms with Crippen molar-refractivity contribution in [2.24, 2.45) is 11.7 Å². The number of hydrogen-bond donors (Lipinski definition) is 6. The van der Waals surface area contributed by atoms with Crippen molar-refractivity contribution in [2.75, 3.05) is 19.8 Å². The molecule has 9 aromatic heterocycles. The van der Waals surface area contributed by atoms with Crippen LogP contribution in [0, 0.1) is 17.2 Å². The number of primary amides is 1. The summed E-state index contributed by atoms with van der Waals surface area (Å²) in [6, 6.07) is 26.4. The van der Waals surface area contributed by atoms with Crippen LogP contribution < -0.4 is 5.73 Å². The number of Topliss-reactive ketones (excluding diaryl/α,β-unsaturated/α-hetero) is 1. The number of amides is 1. The number of pyridine rings is 5. The number of carboxylic acid groups (broad SMARTS) is 1. The Morgan fingerprint density at radius 2 is 0.937 bits per heavy atom. The number of hydrogen-bond acceptors (Lipinski definition) is 15. The Kier molecular flexibility index (Phi) is 25.4. The first-order valence-electron chi connectivity index (χ1n) is 23.7. The fraction of sp³-hybridized carbons (Fsp3) is 0.143. The number of esters is 3. The van der Waals surface area contributed by atoms with E-state index in [0.29, 0.717) is 35.5 Å². The number of carbonyl (C=O) groups excluding carboxylic acids is 5. The summed E-state index contributed by atoms with van der Waals surface area (Å²) in [5, 5.41) is 17.8. The molecule has 23 heteroatoms. The Morgan fingerprint density at radius 1 is 0.557 bits per heavy atom. The zero-order valence-electron chi connectivity index (χ0n) is 43.0. The molecule has 0 saturated carbocycles. The average Bonchev–Trinajstić information content (AvgIpc) is 4.34. The normalized spacial score (nSPS) is 10.2. The highest BCUT2D eigenvalue weighted by molar-refractivity contribution is 6.92. The number of carboxylic acids is 1. The number of rotatable bonds is 15. The highest BCUT2D eigenvalue weighted by Gasteiger charge is 2.23. The number of carbonyl (C=O) groups is 6. The molecule has 9 heterocycles. The quantitative estimate of drug-likeness (QED) is 0.0241. The van der Waals surface area contributed by atoms with Gasteiger partial charge in [-0.15, -0.1) is 0 Å². The second-order valence-corrected chi connectivity index (χ2v) is 16.0. The molecule has 79 heavy (non-hydrogen) atoms. The number of ether oxygens (including phenoxy) is 3. The second kappa shape index (κ2) is 32.5. The lowest BCUT2D eigenvalue weighted by Gasteiger charge is -2.07.